The molecule has 2 heterocycles. The quantitative estimate of drug-likeness (QED) is 0.555. The summed E-state index contributed by atoms with van der Waals surface area (Å²) in [6.07, 6.45) is -0.866. The van der Waals surface area contributed by atoms with E-state index in [-0.39, 0.29) is 34.0 Å². The highest BCUT2D eigenvalue weighted by Gasteiger charge is 2.45. The van der Waals surface area contributed by atoms with Gasteiger partial charge in [0, 0.05) is 24.1 Å². The smallest absolute Gasteiger partial charge is 0.347 e. The number of pyridine rings is 1. The Morgan fingerprint density at radius 1 is 1.14 bits per heavy atom. The van der Waals surface area contributed by atoms with Crippen molar-refractivity contribution in [1.29, 1.82) is 0 Å². The van der Waals surface area contributed by atoms with Gasteiger partial charge >= 0.3 is 6.18 Å². The Bertz CT molecular complexity index is 1330. The molecule has 1 saturated carbocycles. The summed E-state index contributed by atoms with van der Waals surface area (Å²) >= 11 is 0. The lowest BCUT2D eigenvalue weighted by Gasteiger charge is -2.30. The zero-order chi connectivity index (χ0) is 27.3. The minimum atomic E-state index is -4.83. The van der Waals surface area contributed by atoms with Crippen molar-refractivity contribution in [3.8, 4) is 0 Å². The van der Waals surface area contributed by atoms with Crippen molar-refractivity contribution >= 4 is 21.7 Å². The van der Waals surface area contributed by atoms with E-state index < -0.39 is 51.3 Å². The number of nitrogens with one attached hydrogen (secondary N) is 1. The summed E-state index contributed by atoms with van der Waals surface area (Å²) < 4.78 is 77.1. The van der Waals surface area contributed by atoms with Gasteiger partial charge in [-0.2, -0.15) is 13.2 Å². The van der Waals surface area contributed by atoms with Gasteiger partial charge in [-0.15, -0.1) is 0 Å². The number of rotatable bonds is 6. The van der Waals surface area contributed by atoms with Gasteiger partial charge in [0.05, 0.1) is 11.6 Å². The van der Waals surface area contributed by atoms with Crippen LogP contribution in [-0.4, -0.2) is 48.5 Å². The average molecular weight is 542 g/mol. The number of nitrogens with zero attached hydrogens (tertiary/aromatic N) is 2. The van der Waals surface area contributed by atoms with Gasteiger partial charge in [0.1, 0.15) is 11.9 Å². The Hall–Kier alpha value is -3.02. The molecule has 1 aliphatic heterocycles. The van der Waals surface area contributed by atoms with Crippen LogP contribution in [0.2, 0.25) is 0 Å². The third kappa shape index (κ3) is 5.63. The van der Waals surface area contributed by atoms with E-state index in [4.69, 9.17) is 0 Å². The Morgan fingerprint density at radius 3 is 2.38 bits per heavy atom. The molecule has 4 rings (SSSR count). The molecule has 0 bridgehead atoms. The van der Waals surface area contributed by atoms with E-state index in [0.29, 0.717) is 12.5 Å². The molecule has 1 aromatic heterocycles. The highest BCUT2D eigenvalue weighted by Crippen LogP contribution is 2.43. The average Bonchev–Trinajstić information content (AvgIpc) is 3.60. The molecule has 1 saturated heterocycles. The fourth-order valence-corrected chi connectivity index (χ4v) is 5.38. The SMILES string of the molecule is C[C@@H]1C[C@H](C(=O)NC(c2ccc(C(F)(F)F)c(F)c2)C2CC2)N(C(=O)c2ccnc(S(C)(=O)=O)c2)[C@@H]1C. The van der Waals surface area contributed by atoms with Crippen LogP contribution in [-0.2, 0) is 20.8 Å². The molecule has 1 unspecified atom stereocenters. The van der Waals surface area contributed by atoms with Crippen LogP contribution in [0.4, 0.5) is 17.6 Å². The number of carbonyl (C=O) groups is 2. The third-order valence-electron chi connectivity index (χ3n) is 7.14. The molecule has 7 nitrogen and oxygen atoms in total. The second-order valence-corrected chi connectivity index (χ2v) is 11.9. The Balaban J connectivity index is 1.60. The Morgan fingerprint density at radius 2 is 1.81 bits per heavy atom. The van der Waals surface area contributed by atoms with E-state index in [1.807, 2.05) is 6.92 Å². The van der Waals surface area contributed by atoms with Crippen LogP contribution in [0.15, 0.2) is 41.6 Å². The summed E-state index contributed by atoms with van der Waals surface area (Å²) in [5, 5.41) is 2.58. The maximum Gasteiger partial charge on any atom is 0.419 e. The molecule has 4 atom stereocenters. The van der Waals surface area contributed by atoms with Crippen LogP contribution in [0, 0.1) is 17.7 Å². The number of likely N-dealkylation sites (tertiary alicyclic amines) is 1. The monoisotopic (exact) mass is 541 g/mol. The van der Waals surface area contributed by atoms with Crippen LogP contribution in [0.5, 0.6) is 0 Å². The van der Waals surface area contributed by atoms with Gasteiger partial charge in [-0.1, -0.05) is 13.0 Å². The number of hydrogen-bond donors (Lipinski definition) is 1. The number of halogens is 4. The molecule has 12 heteroatoms. The molecule has 1 aromatic carbocycles. The maximum atomic E-state index is 14.3. The minimum Gasteiger partial charge on any atom is -0.347 e. The fourth-order valence-electron chi connectivity index (χ4n) is 4.78. The summed E-state index contributed by atoms with van der Waals surface area (Å²) in [6, 6.07) is 3.24. The fraction of sp³-hybridized carbons (Fsp3) is 0.480. The van der Waals surface area contributed by atoms with Crippen molar-refractivity contribution in [1.82, 2.24) is 15.2 Å². The first-order valence-corrected chi connectivity index (χ1v) is 13.7. The first-order valence-electron chi connectivity index (χ1n) is 11.8. The van der Waals surface area contributed by atoms with E-state index in [9.17, 15) is 35.6 Å². The molecule has 2 aliphatic rings. The summed E-state index contributed by atoms with van der Waals surface area (Å²) in [5.74, 6) is -2.56. The minimum absolute atomic E-state index is 0.0567. The third-order valence-corrected chi connectivity index (χ3v) is 8.12. The largest absolute Gasteiger partial charge is 0.419 e. The Labute approximate surface area is 212 Å². The molecule has 1 N–H and O–H groups in total. The number of aromatic nitrogens is 1. The number of hydrogen-bond acceptors (Lipinski definition) is 5. The standard InChI is InChI=1S/C25H27F4N3O4S/c1-13-10-20(32(14(13)2)24(34)17-8-9-30-21(12-17)37(3,35)36)23(33)31-22(15-4-5-15)16-6-7-18(19(26)11-16)25(27,28)29/h6-9,11-15,20,22H,4-5,10H2,1-3H3,(H,31,33)/t13-,14-,20-,22?/m1/s1. The van der Waals surface area contributed by atoms with E-state index in [1.54, 1.807) is 6.92 Å². The second-order valence-electron chi connectivity index (χ2n) is 9.90. The van der Waals surface area contributed by atoms with Crippen molar-refractivity contribution in [2.24, 2.45) is 11.8 Å². The van der Waals surface area contributed by atoms with Crippen molar-refractivity contribution < 1.29 is 35.6 Å². The van der Waals surface area contributed by atoms with Crippen LogP contribution < -0.4 is 5.32 Å². The Kier molecular flexibility index (Phi) is 7.08. The number of sulfone groups is 1. The predicted molar refractivity (Wildman–Crippen MR) is 126 cm³/mol. The topological polar surface area (TPSA) is 96.4 Å². The summed E-state index contributed by atoms with van der Waals surface area (Å²) in [4.78, 5) is 32.1. The molecular formula is C25H27F4N3O4S. The molecule has 200 valence electrons. The van der Waals surface area contributed by atoms with Crippen LogP contribution in [0.1, 0.15) is 60.6 Å². The van der Waals surface area contributed by atoms with Crippen molar-refractivity contribution in [3.63, 3.8) is 0 Å². The van der Waals surface area contributed by atoms with Gasteiger partial charge < -0.3 is 10.2 Å². The van der Waals surface area contributed by atoms with Gasteiger partial charge in [0.2, 0.25) is 5.91 Å². The maximum absolute atomic E-state index is 14.3. The molecule has 0 radical (unpaired) electrons. The summed E-state index contributed by atoms with van der Waals surface area (Å²) in [7, 11) is -3.66. The normalized spacial score (nSPS) is 23.1. The van der Waals surface area contributed by atoms with E-state index in [0.717, 1.165) is 25.2 Å². The lowest BCUT2D eigenvalue weighted by Crippen LogP contribution is -2.49. The summed E-state index contributed by atoms with van der Waals surface area (Å²) in [6.45, 7) is 3.68. The van der Waals surface area contributed by atoms with E-state index >= 15 is 0 Å². The van der Waals surface area contributed by atoms with Gasteiger partial charge in [-0.25, -0.2) is 17.8 Å². The molecule has 1 aliphatic carbocycles. The van der Waals surface area contributed by atoms with Crippen molar-refractivity contribution in [3.05, 3.63) is 59.0 Å². The number of amides is 2. The van der Waals surface area contributed by atoms with Gasteiger partial charge in [-0.05, 0) is 67.9 Å². The highest BCUT2D eigenvalue weighted by atomic mass is 32.2. The molecular weight excluding hydrogens is 514 g/mol. The van der Waals surface area contributed by atoms with E-state index in [1.165, 1.54) is 29.3 Å². The summed E-state index contributed by atoms with van der Waals surface area (Å²) in [5.41, 5.74) is -1.08. The zero-order valence-electron chi connectivity index (χ0n) is 20.4. The van der Waals surface area contributed by atoms with E-state index in [2.05, 4.69) is 10.3 Å². The molecule has 2 aromatic rings. The first kappa shape index (κ1) is 27.0. The lowest BCUT2D eigenvalue weighted by atomic mass is 9.99. The number of benzene rings is 1. The molecule has 2 amide bonds. The first-order chi connectivity index (χ1) is 17.2. The van der Waals surface area contributed by atoms with Crippen molar-refractivity contribution in [2.75, 3.05) is 6.26 Å². The number of carbonyl (C=O) groups excluding carboxylic acids is 2. The lowest BCUT2D eigenvalue weighted by molar-refractivity contribution is -0.140. The van der Waals surface area contributed by atoms with Gasteiger partial charge in [0.15, 0.2) is 14.9 Å². The van der Waals surface area contributed by atoms with Gasteiger partial charge in [0.25, 0.3) is 5.91 Å². The van der Waals surface area contributed by atoms with Crippen LogP contribution in [0.3, 0.4) is 0 Å². The molecule has 37 heavy (non-hydrogen) atoms. The molecule has 2 fully saturated rings. The van der Waals surface area contributed by atoms with Crippen molar-refractivity contribution in [2.45, 2.75) is 62.4 Å². The highest BCUT2D eigenvalue weighted by molar-refractivity contribution is 7.90. The number of alkyl halides is 3. The van der Waals surface area contributed by atoms with Gasteiger partial charge in [-0.3, -0.25) is 9.59 Å². The zero-order valence-corrected chi connectivity index (χ0v) is 21.2. The van der Waals surface area contributed by atoms with Crippen LogP contribution >= 0.6 is 0 Å². The van der Waals surface area contributed by atoms with Crippen LogP contribution in [0.25, 0.3) is 0 Å². The predicted octanol–water partition coefficient (Wildman–Crippen LogP) is 4.15. The second kappa shape index (κ2) is 9.70. The molecule has 0 spiro atoms.